The third-order valence-corrected chi connectivity index (χ3v) is 5.32. The number of carbonyl (C=O) groups is 1. The number of esters is 1. The number of methoxy groups -OCH3 is 1. The minimum Gasteiger partial charge on any atom is -0.467 e. The summed E-state index contributed by atoms with van der Waals surface area (Å²) >= 11 is 0. The van der Waals surface area contributed by atoms with E-state index in [1.807, 2.05) is 6.92 Å². The molecule has 2 aromatic heterocycles. The molecule has 1 atom stereocenters. The van der Waals surface area contributed by atoms with Crippen molar-refractivity contribution in [2.24, 2.45) is 0 Å². The van der Waals surface area contributed by atoms with Crippen LogP contribution in [0.2, 0.25) is 0 Å². The van der Waals surface area contributed by atoms with E-state index in [9.17, 15) is 4.79 Å². The molecule has 0 saturated carbocycles. The van der Waals surface area contributed by atoms with Gasteiger partial charge in [0.1, 0.15) is 5.82 Å². The Kier molecular flexibility index (Phi) is 8.82. The largest absolute Gasteiger partial charge is 0.467 e. The summed E-state index contributed by atoms with van der Waals surface area (Å²) in [6, 6.07) is 4.68. The molecule has 0 amide bonds. The maximum absolute atomic E-state index is 12.0. The van der Waals surface area contributed by atoms with Crippen LogP contribution in [-0.4, -0.2) is 41.2 Å². The number of aromatic nitrogens is 3. The van der Waals surface area contributed by atoms with E-state index >= 15 is 0 Å². The number of aryl methyl sites for hydroxylation is 2. The Bertz CT molecular complexity index is 868. The first-order valence-corrected chi connectivity index (χ1v) is 11.1. The van der Waals surface area contributed by atoms with Crippen molar-refractivity contribution < 1.29 is 14.3 Å². The topological polar surface area (TPSA) is 86.2 Å². The molecule has 31 heavy (non-hydrogen) atoms. The van der Waals surface area contributed by atoms with Crippen LogP contribution in [0.15, 0.2) is 36.7 Å². The Hall–Kier alpha value is -2.96. The summed E-state index contributed by atoms with van der Waals surface area (Å²) in [5, 5.41) is 3.40. The van der Waals surface area contributed by atoms with Crippen molar-refractivity contribution in [3.05, 3.63) is 53.5 Å². The van der Waals surface area contributed by atoms with Crippen molar-refractivity contribution in [1.82, 2.24) is 15.0 Å². The molecule has 0 saturated heterocycles. The number of allylic oxidation sites excluding steroid dienone is 2. The van der Waals surface area contributed by atoms with Gasteiger partial charge in [-0.15, -0.1) is 0 Å². The first-order valence-electron chi connectivity index (χ1n) is 11.1. The van der Waals surface area contributed by atoms with Crippen molar-refractivity contribution in [3.8, 4) is 6.01 Å². The van der Waals surface area contributed by atoms with Crippen LogP contribution >= 0.6 is 0 Å². The summed E-state index contributed by atoms with van der Waals surface area (Å²) < 4.78 is 10.1. The van der Waals surface area contributed by atoms with Crippen LogP contribution in [-0.2, 0) is 22.4 Å². The maximum atomic E-state index is 12.0. The molecule has 0 aromatic carbocycles. The van der Waals surface area contributed by atoms with E-state index in [1.54, 1.807) is 12.4 Å². The van der Waals surface area contributed by atoms with Crippen molar-refractivity contribution >= 4 is 11.8 Å². The number of rotatable bonds is 11. The fraction of sp³-hybridized carbons (Fsp3) is 0.500. The zero-order valence-corrected chi connectivity index (χ0v) is 18.5. The molecule has 166 valence electrons. The number of nitrogens with zero attached hydrogens (tertiary/aromatic N) is 3. The fourth-order valence-corrected chi connectivity index (χ4v) is 3.66. The van der Waals surface area contributed by atoms with Gasteiger partial charge in [0.2, 0.25) is 0 Å². The second-order valence-corrected chi connectivity index (χ2v) is 7.63. The molecule has 1 N–H and O–H groups in total. The quantitative estimate of drug-likeness (QED) is 0.328. The fourth-order valence-electron chi connectivity index (χ4n) is 3.66. The van der Waals surface area contributed by atoms with E-state index in [1.165, 1.54) is 19.1 Å². The summed E-state index contributed by atoms with van der Waals surface area (Å²) in [6.07, 6.45) is 14.2. The van der Waals surface area contributed by atoms with E-state index in [2.05, 4.69) is 39.6 Å². The Labute approximate surface area is 184 Å². The van der Waals surface area contributed by atoms with Gasteiger partial charge in [-0.05, 0) is 62.6 Å². The van der Waals surface area contributed by atoms with Gasteiger partial charge >= 0.3 is 12.0 Å². The molecule has 7 heteroatoms. The zero-order chi connectivity index (χ0) is 21.9. The number of fused-ring (bicyclic) bond motifs is 1. The number of carbonyl (C=O) groups excluding carboxylic acids is 1. The molecule has 1 aliphatic heterocycles. The molecule has 0 radical (unpaired) electrons. The highest BCUT2D eigenvalue weighted by molar-refractivity contribution is 5.71. The van der Waals surface area contributed by atoms with Crippen LogP contribution in [0.3, 0.4) is 0 Å². The number of nitrogens with one attached hydrogen (secondary N) is 1. The van der Waals surface area contributed by atoms with Crippen molar-refractivity contribution in [1.29, 1.82) is 0 Å². The summed E-state index contributed by atoms with van der Waals surface area (Å²) in [5.74, 6) is 0.727. The monoisotopic (exact) mass is 424 g/mol. The van der Waals surface area contributed by atoms with E-state index < -0.39 is 0 Å². The van der Waals surface area contributed by atoms with Crippen molar-refractivity contribution in [2.75, 3.05) is 25.6 Å². The van der Waals surface area contributed by atoms with E-state index in [0.29, 0.717) is 12.6 Å². The van der Waals surface area contributed by atoms with Gasteiger partial charge in [-0.2, -0.15) is 0 Å². The lowest BCUT2D eigenvalue weighted by molar-refractivity contribution is -0.143. The number of unbranched alkanes of at least 4 members (excludes halogenated alkanes) is 2. The third-order valence-electron chi connectivity index (χ3n) is 5.32. The molecule has 1 aliphatic rings. The molecular formula is C24H32N4O3. The summed E-state index contributed by atoms with van der Waals surface area (Å²) in [5.41, 5.74) is 3.34. The van der Waals surface area contributed by atoms with E-state index in [0.717, 1.165) is 55.7 Å². The van der Waals surface area contributed by atoms with Gasteiger partial charge in [-0.25, -0.2) is 15.0 Å². The molecule has 0 bridgehead atoms. The number of pyridine rings is 1. The van der Waals surface area contributed by atoms with Crippen LogP contribution in [0, 0.1) is 0 Å². The smallest absolute Gasteiger partial charge is 0.316 e. The molecule has 3 heterocycles. The van der Waals surface area contributed by atoms with Crippen LogP contribution < -0.4 is 10.1 Å². The Balaban J connectivity index is 1.49. The molecule has 2 aromatic rings. The predicted molar refractivity (Wildman–Crippen MR) is 120 cm³/mol. The van der Waals surface area contributed by atoms with Gasteiger partial charge in [0.25, 0.3) is 0 Å². The van der Waals surface area contributed by atoms with Crippen molar-refractivity contribution in [3.63, 3.8) is 0 Å². The summed E-state index contributed by atoms with van der Waals surface area (Å²) in [4.78, 5) is 25.1. The highest BCUT2D eigenvalue weighted by Gasteiger charge is 2.15. The standard InChI is InChI=1S/C24H32N4O3/c1-3-31-22(29)15-19(20-16-26-24(30-2)27-17-20)9-6-4-5-7-11-21-13-12-18-10-8-14-25-23(18)28-21/h6,9,12-13,16-17,19H,3-5,7-8,10-11,14-15H2,1-2H3,(H,25,28)/b9-6+/t19-/m0/s1. The maximum Gasteiger partial charge on any atom is 0.316 e. The SMILES string of the molecule is CCOC(=O)C[C@H](/C=C/CCCCc1ccc2c(n1)NCCC2)c1cnc(OC)nc1. The van der Waals surface area contributed by atoms with Crippen LogP contribution in [0.4, 0.5) is 5.82 Å². The third kappa shape index (κ3) is 7.05. The highest BCUT2D eigenvalue weighted by atomic mass is 16.5. The first-order chi connectivity index (χ1) is 15.2. The average Bonchev–Trinajstić information content (AvgIpc) is 2.80. The van der Waals surface area contributed by atoms with Gasteiger partial charge in [0.05, 0.1) is 20.1 Å². The minimum atomic E-state index is -0.222. The normalized spacial score (nSPS) is 14.0. The summed E-state index contributed by atoms with van der Waals surface area (Å²) in [6.45, 7) is 3.20. The van der Waals surface area contributed by atoms with Gasteiger partial charge in [-0.3, -0.25) is 4.79 Å². The number of anilines is 1. The van der Waals surface area contributed by atoms with Crippen LogP contribution in [0.1, 0.15) is 61.8 Å². The minimum absolute atomic E-state index is 0.113. The highest BCUT2D eigenvalue weighted by Crippen LogP contribution is 2.23. The number of ether oxygens (including phenoxy) is 2. The number of hydrogen-bond acceptors (Lipinski definition) is 7. The van der Waals surface area contributed by atoms with Crippen LogP contribution in [0.25, 0.3) is 0 Å². The lowest BCUT2D eigenvalue weighted by Gasteiger charge is -2.17. The predicted octanol–water partition coefficient (Wildman–Crippen LogP) is 4.24. The number of hydrogen-bond donors (Lipinski definition) is 1. The average molecular weight is 425 g/mol. The van der Waals surface area contributed by atoms with Gasteiger partial charge in [0.15, 0.2) is 0 Å². The van der Waals surface area contributed by atoms with Gasteiger partial charge in [0, 0.05) is 30.6 Å². The molecule has 7 nitrogen and oxygen atoms in total. The van der Waals surface area contributed by atoms with E-state index in [4.69, 9.17) is 14.5 Å². The summed E-state index contributed by atoms with van der Waals surface area (Å²) in [7, 11) is 1.53. The van der Waals surface area contributed by atoms with E-state index in [-0.39, 0.29) is 18.3 Å². The Morgan fingerprint density at radius 3 is 2.87 bits per heavy atom. The van der Waals surface area contributed by atoms with Crippen molar-refractivity contribution in [2.45, 2.75) is 57.8 Å². The van der Waals surface area contributed by atoms with Gasteiger partial charge in [-0.1, -0.05) is 18.2 Å². The lowest BCUT2D eigenvalue weighted by atomic mass is 9.97. The second-order valence-electron chi connectivity index (χ2n) is 7.63. The second kappa shape index (κ2) is 12.0. The molecule has 3 rings (SSSR count). The zero-order valence-electron chi connectivity index (χ0n) is 18.5. The molecule has 0 fully saturated rings. The molecule has 0 aliphatic carbocycles. The first kappa shape index (κ1) is 22.7. The lowest BCUT2D eigenvalue weighted by Crippen LogP contribution is -2.13. The molecular weight excluding hydrogens is 392 g/mol. The Morgan fingerprint density at radius 1 is 1.26 bits per heavy atom. The molecule has 0 unspecified atom stereocenters. The van der Waals surface area contributed by atoms with Crippen LogP contribution in [0.5, 0.6) is 6.01 Å². The van der Waals surface area contributed by atoms with Gasteiger partial charge < -0.3 is 14.8 Å². The Morgan fingerprint density at radius 2 is 2.10 bits per heavy atom. The molecule has 0 spiro atoms.